The highest BCUT2D eigenvalue weighted by Crippen LogP contribution is 2.43. The van der Waals surface area contributed by atoms with E-state index in [2.05, 4.69) is 15.9 Å². The van der Waals surface area contributed by atoms with E-state index in [1.54, 1.807) is 37.4 Å². The van der Waals surface area contributed by atoms with Gasteiger partial charge in [0.25, 0.3) is 5.91 Å². The van der Waals surface area contributed by atoms with E-state index in [-0.39, 0.29) is 12.2 Å². The minimum Gasteiger partial charge on any atom is -0.375 e. The van der Waals surface area contributed by atoms with Crippen LogP contribution in [0, 0.1) is 0 Å². The first kappa shape index (κ1) is 16.9. The molecule has 4 nitrogen and oxygen atoms in total. The molecule has 1 unspecified atom stereocenters. The lowest BCUT2D eigenvalue weighted by molar-refractivity contribution is -0.135. The molecule has 0 saturated carbocycles. The molecule has 3 aromatic carbocycles. The number of carbonyl (C=O) groups is 2. The molecule has 0 saturated heterocycles. The number of rotatable bonds is 3. The van der Waals surface area contributed by atoms with Crippen LogP contribution in [0.15, 0.2) is 65.1 Å². The summed E-state index contributed by atoms with van der Waals surface area (Å²) in [5.41, 5.74) is -0.298. The SMILES string of the molecule is CN1C(=O)C(O)(CC(=O)c2ccc3ccccc3c2)c2cc(Br)ccc21. The summed E-state index contributed by atoms with van der Waals surface area (Å²) in [5.74, 6) is -0.757. The molecular formula is C21H16BrNO3. The molecule has 26 heavy (non-hydrogen) atoms. The summed E-state index contributed by atoms with van der Waals surface area (Å²) in [7, 11) is 1.60. The highest BCUT2D eigenvalue weighted by atomic mass is 79.9. The fourth-order valence-electron chi connectivity index (χ4n) is 3.50. The Balaban J connectivity index is 1.72. The van der Waals surface area contributed by atoms with Crippen molar-refractivity contribution in [2.45, 2.75) is 12.0 Å². The van der Waals surface area contributed by atoms with Crippen LogP contribution in [-0.4, -0.2) is 23.8 Å². The molecule has 0 spiro atoms. The number of ketones is 1. The summed E-state index contributed by atoms with van der Waals surface area (Å²) in [5, 5.41) is 13.1. The van der Waals surface area contributed by atoms with Crippen molar-refractivity contribution in [1.29, 1.82) is 0 Å². The zero-order chi connectivity index (χ0) is 18.5. The summed E-state index contributed by atoms with van der Waals surface area (Å²) >= 11 is 3.37. The minimum atomic E-state index is -1.85. The summed E-state index contributed by atoms with van der Waals surface area (Å²) in [6.45, 7) is 0. The minimum absolute atomic E-state index is 0.271. The van der Waals surface area contributed by atoms with Crippen LogP contribution >= 0.6 is 15.9 Å². The standard InChI is InChI=1S/C21H16BrNO3/c1-23-18-9-8-16(22)11-17(18)21(26,20(23)25)12-19(24)15-7-6-13-4-2-3-5-14(13)10-15/h2-11,26H,12H2,1H3. The first-order valence-corrected chi connectivity index (χ1v) is 9.02. The lowest BCUT2D eigenvalue weighted by Gasteiger charge is -2.21. The first-order valence-electron chi connectivity index (χ1n) is 8.23. The van der Waals surface area contributed by atoms with Crippen LogP contribution in [0.4, 0.5) is 5.69 Å². The Hall–Kier alpha value is -2.50. The van der Waals surface area contributed by atoms with Gasteiger partial charge in [-0.3, -0.25) is 9.59 Å². The summed E-state index contributed by atoms with van der Waals surface area (Å²) in [6, 6.07) is 18.4. The van der Waals surface area contributed by atoms with Crippen LogP contribution < -0.4 is 4.90 Å². The molecule has 1 heterocycles. The number of halogens is 1. The number of hydrogen-bond acceptors (Lipinski definition) is 3. The second-order valence-electron chi connectivity index (χ2n) is 6.55. The number of aliphatic hydroxyl groups is 1. The maximum Gasteiger partial charge on any atom is 0.263 e. The zero-order valence-electron chi connectivity index (χ0n) is 14.1. The number of Topliss-reactive ketones (excluding diaryl/α,β-unsaturated/α-hetero) is 1. The van der Waals surface area contributed by atoms with Gasteiger partial charge in [-0.05, 0) is 35.0 Å². The van der Waals surface area contributed by atoms with E-state index in [9.17, 15) is 14.7 Å². The number of fused-ring (bicyclic) bond motifs is 2. The number of likely N-dealkylation sites (N-methyl/N-ethyl adjacent to an activating group) is 1. The first-order chi connectivity index (χ1) is 12.4. The molecule has 0 bridgehead atoms. The maximum atomic E-state index is 12.9. The molecule has 1 amide bonds. The summed E-state index contributed by atoms with van der Waals surface area (Å²) in [6.07, 6.45) is -0.294. The second-order valence-corrected chi connectivity index (χ2v) is 7.46. The van der Waals surface area contributed by atoms with Gasteiger partial charge < -0.3 is 10.0 Å². The van der Waals surface area contributed by atoms with E-state index in [4.69, 9.17) is 0 Å². The number of amides is 1. The Labute approximate surface area is 159 Å². The number of benzene rings is 3. The zero-order valence-corrected chi connectivity index (χ0v) is 15.7. The van der Waals surface area contributed by atoms with Crippen molar-refractivity contribution < 1.29 is 14.7 Å². The predicted molar refractivity (Wildman–Crippen MR) is 104 cm³/mol. The molecule has 0 radical (unpaired) electrons. The van der Waals surface area contributed by atoms with Gasteiger partial charge in [0.05, 0.1) is 12.1 Å². The van der Waals surface area contributed by atoms with Crippen LogP contribution in [0.5, 0.6) is 0 Å². The molecule has 1 N–H and O–H groups in total. The van der Waals surface area contributed by atoms with Gasteiger partial charge >= 0.3 is 0 Å². The largest absolute Gasteiger partial charge is 0.375 e. The molecular weight excluding hydrogens is 394 g/mol. The number of carbonyl (C=O) groups excluding carboxylic acids is 2. The van der Waals surface area contributed by atoms with Crippen molar-refractivity contribution >= 4 is 44.1 Å². The Kier molecular flexibility index (Phi) is 3.93. The van der Waals surface area contributed by atoms with Gasteiger partial charge in [-0.15, -0.1) is 0 Å². The smallest absolute Gasteiger partial charge is 0.263 e. The third-order valence-electron chi connectivity index (χ3n) is 4.91. The molecule has 0 fully saturated rings. The van der Waals surface area contributed by atoms with Crippen molar-refractivity contribution in [3.63, 3.8) is 0 Å². The van der Waals surface area contributed by atoms with Crippen molar-refractivity contribution in [1.82, 2.24) is 0 Å². The lowest BCUT2D eigenvalue weighted by Crippen LogP contribution is -2.40. The lowest BCUT2D eigenvalue weighted by atomic mass is 9.88. The normalized spacial score (nSPS) is 19.0. The van der Waals surface area contributed by atoms with Crippen LogP contribution in [0.1, 0.15) is 22.3 Å². The van der Waals surface area contributed by atoms with Crippen LogP contribution in [0.25, 0.3) is 10.8 Å². The van der Waals surface area contributed by atoms with Gasteiger partial charge in [-0.2, -0.15) is 0 Å². The van der Waals surface area contributed by atoms with E-state index < -0.39 is 11.5 Å². The Morgan fingerprint density at radius 2 is 1.81 bits per heavy atom. The van der Waals surface area contributed by atoms with Crippen LogP contribution in [0.3, 0.4) is 0 Å². The Bertz CT molecular complexity index is 1060. The van der Waals surface area contributed by atoms with E-state index in [0.717, 1.165) is 15.2 Å². The summed E-state index contributed by atoms with van der Waals surface area (Å²) < 4.78 is 0.746. The Morgan fingerprint density at radius 1 is 1.08 bits per heavy atom. The molecule has 130 valence electrons. The molecule has 3 aromatic rings. The second kappa shape index (κ2) is 6.04. The maximum absolute atomic E-state index is 12.9. The topological polar surface area (TPSA) is 57.6 Å². The predicted octanol–water partition coefficient (Wildman–Crippen LogP) is 4.04. The van der Waals surface area contributed by atoms with E-state index >= 15 is 0 Å². The van der Waals surface area contributed by atoms with Crippen molar-refractivity contribution in [3.05, 3.63) is 76.3 Å². The fraction of sp³-hybridized carbons (Fsp3) is 0.143. The van der Waals surface area contributed by atoms with Gasteiger partial charge in [-0.25, -0.2) is 0 Å². The van der Waals surface area contributed by atoms with Gasteiger partial charge in [0, 0.05) is 22.6 Å². The van der Waals surface area contributed by atoms with Crippen molar-refractivity contribution in [2.75, 3.05) is 11.9 Å². The number of nitrogens with zero attached hydrogens (tertiary/aromatic N) is 1. The number of hydrogen-bond donors (Lipinski definition) is 1. The number of anilines is 1. The van der Waals surface area contributed by atoms with E-state index in [1.165, 1.54) is 4.90 Å². The van der Waals surface area contributed by atoms with Gasteiger partial charge in [0.2, 0.25) is 0 Å². The van der Waals surface area contributed by atoms with Gasteiger partial charge in [0.1, 0.15) is 0 Å². The molecule has 0 aromatic heterocycles. The molecule has 1 aliphatic heterocycles. The van der Waals surface area contributed by atoms with Gasteiger partial charge in [0.15, 0.2) is 11.4 Å². The van der Waals surface area contributed by atoms with Crippen molar-refractivity contribution in [2.24, 2.45) is 0 Å². The average molecular weight is 410 g/mol. The third kappa shape index (κ3) is 2.55. The molecule has 1 atom stereocenters. The Morgan fingerprint density at radius 3 is 2.58 bits per heavy atom. The molecule has 1 aliphatic rings. The average Bonchev–Trinajstić information content (AvgIpc) is 2.82. The summed E-state index contributed by atoms with van der Waals surface area (Å²) in [4.78, 5) is 26.9. The molecule has 4 rings (SSSR count). The van der Waals surface area contributed by atoms with Crippen molar-refractivity contribution in [3.8, 4) is 0 Å². The van der Waals surface area contributed by atoms with E-state index in [1.807, 2.05) is 30.3 Å². The highest BCUT2D eigenvalue weighted by molar-refractivity contribution is 9.10. The molecule has 0 aliphatic carbocycles. The molecule has 5 heteroatoms. The highest BCUT2D eigenvalue weighted by Gasteiger charge is 2.49. The third-order valence-corrected chi connectivity index (χ3v) is 5.41. The van der Waals surface area contributed by atoms with E-state index in [0.29, 0.717) is 16.8 Å². The fourth-order valence-corrected chi connectivity index (χ4v) is 3.86. The quantitative estimate of drug-likeness (QED) is 0.664. The van der Waals surface area contributed by atoms with Crippen LogP contribution in [0.2, 0.25) is 0 Å². The van der Waals surface area contributed by atoms with Crippen LogP contribution in [-0.2, 0) is 10.4 Å². The van der Waals surface area contributed by atoms with Gasteiger partial charge in [-0.1, -0.05) is 52.3 Å². The monoisotopic (exact) mass is 409 g/mol.